The van der Waals surface area contributed by atoms with Crippen molar-refractivity contribution in [3.63, 3.8) is 0 Å². The van der Waals surface area contributed by atoms with Gasteiger partial charge in [-0.1, -0.05) is 6.07 Å². The van der Waals surface area contributed by atoms with Gasteiger partial charge in [-0.3, -0.25) is 0 Å². The molecule has 2 aromatic rings. The first-order valence-corrected chi connectivity index (χ1v) is 4.39. The van der Waals surface area contributed by atoms with Crippen LogP contribution in [0.25, 0.3) is 11.4 Å². The van der Waals surface area contributed by atoms with Gasteiger partial charge >= 0.3 is 0 Å². The molecule has 16 heavy (non-hydrogen) atoms. The van der Waals surface area contributed by atoms with Gasteiger partial charge in [-0.2, -0.15) is 5.26 Å². The zero-order chi connectivity index (χ0) is 11.5. The zero-order valence-corrected chi connectivity index (χ0v) is 7.98. The van der Waals surface area contributed by atoms with Crippen molar-refractivity contribution in [2.45, 2.75) is 0 Å². The first-order valence-electron chi connectivity index (χ1n) is 4.39. The van der Waals surface area contributed by atoms with Crippen molar-refractivity contribution < 1.29 is 8.78 Å². The van der Waals surface area contributed by atoms with Crippen LogP contribution >= 0.6 is 0 Å². The van der Waals surface area contributed by atoms with Crippen molar-refractivity contribution in [1.29, 1.82) is 5.26 Å². The van der Waals surface area contributed by atoms with Crippen molar-refractivity contribution in [2.75, 3.05) is 0 Å². The Balaban J connectivity index is 2.64. The minimum Gasteiger partial charge on any atom is -0.233 e. The average molecular weight is 217 g/mol. The van der Waals surface area contributed by atoms with Crippen LogP contribution in [-0.4, -0.2) is 9.97 Å². The molecule has 0 amide bonds. The van der Waals surface area contributed by atoms with E-state index in [2.05, 4.69) is 9.97 Å². The van der Waals surface area contributed by atoms with Gasteiger partial charge in [0.2, 0.25) is 0 Å². The van der Waals surface area contributed by atoms with Gasteiger partial charge in [0.05, 0.1) is 29.6 Å². The van der Waals surface area contributed by atoms with E-state index in [-0.39, 0.29) is 17.0 Å². The highest BCUT2D eigenvalue weighted by atomic mass is 19.1. The number of rotatable bonds is 1. The summed E-state index contributed by atoms with van der Waals surface area (Å²) in [4.78, 5) is 7.28. The Hall–Kier alpha value is -2.35. The van der Waals surface area contributed by atoms with E-state index in [0.29, 0.717) is 0 Å². The lowest BCUT2D eigenvalue weighted by atomic mass is 10.1. The molecule has 0 aliphatic rings. The number of benzene rings is 1. The lowest BCUT2D eigenvalue weighted by Gasteiger charge is -2.03. The summed E-state index contributed by atoms with van der Waals surface area (Å²) in [5, 5.41) is 8.81. The minimum absolute atomic E-state index is 0.00366. The predicted octanol–water partition coefficient (Wildman–Crippen LogP) is 2.29. The molecular weight excluding hydrogens is 212 g/mol. The summed E-state index contributed by atoms with van der Waals surface area (Å²) in [5.41, 5.74) is 0.108. The third-order valence-corrected chi connectivity index (χ3v) is 1.98. The van der Waals surface area contributed by atoms with E-state index in [1.807, 2.05) is 6.07 Å². The second kappa shape index (κ2) is 4.03. The van der Waals surface area contributed by atoms with Crippen LogP contribution in [0.1, 0.15) is 5.56 Å². The van der Waals surface area contributed by atoms with Gasteiger partial charge in [-0.05, 0) is 12.1 Å². The normalized spacial score (nSPS) is 9.81. The SMILES string of the molecule is N#Cc1cccc(F)c1-c1ncc(F)cn1. The number of aromatic nitrogens is 2. The molecule has 0 spiro atoms. The Bertz CT molecular complexity index is 558. The Morgan fingerprint density at radius 2 is 1.81 bits per heavy atom. The summed E-state index contributed by atoms with van der Waals surface area (Å²) in [6, 6.07) is 5.90. The molecule has 78 valence electrons. The van der Waals surface area contributed by atoms with Gasteiger partial charge in [0.15, 0.2) is 11.6 Å². The largest absolute Gasteiger partial charge is 0.233 e. The highest BCUT2D eigenvalue weighted by Crippen LogP contribution is 2.22. The Morgan fingerprint density at radius 1 is 1.12 bits per heavy atom. The summed E-state index contributed by atoms with van der Waals surface area (Å²) in [5.74, 6) is -1.22. The van der Waals surface area contributed by atoms with Crippen molar-refractivity contribution in [2.24, 2.45) is 0 Å². The number of nitrogens with zero attached hydrogens (tertiary/aromatic N) is 3. The van der Waals surface area contributed by atoms with Gasteiger partial charge in [-0.15, -0.1) is 0 Å². The van der Waals surface area contributed by atoms with E-state index in [1.165, 1.54) is 18.2 Å². The smallest absolute Gasteiger partial charge is 0.163 e. The molecule has 0 radical (unpaired) electrons. The van der Waals surface area contributed by atoms with Crippen LogP contribution in [-0.2, 0) is 0 Å². The van der Waals surface area contributed by atoms with Gasteiger partial charge < -0.3 is 0 Å². The molecule has 3 nitrogen and oxygen atoms in total. The van der Waals surface area contributed by atoms with E-state index < -0.39 is 11.6 Å². The molecule has 0 aliphatic heterocycles. The van der Waals surface area contributed by atoms with Crippen molar-refractivity contribution in [3.05, 3.63) is 47.8 Å². The monoisotopic (exact) mass is 217 g/mol. The molecule has 0 saturated heterocycles. The Kier molecular flexibility index (Phi) is 2.56. The van der Waals surface area contributed by atoms with E-state index >= 15 is 0 Å². The second-order valence-electron chi connectivity index (χ2n) is 3.00. The maximum Gasteiger partial charge on any atom is 0.163 e. The van der Waals surface area contributed by atoms with Gasteiger partial charge in [0.25, 0.3) is 0 Å². The molecule has 2 rings (SSSR count). The highest BCUT2D eigenvalue weighted by Gasteiger charge is 2.12. The van der Waals surface area contributed by atoms with Gasteiger partial charge in [0.1, 0.15) is 5.82 Å². The molecule has 0 N–H and O–H groups in total. The van der Waals surface area contributed by atoms with Crippen LogP contribution in [0.15, 0.2) is 30.6 Å². The molecule has 1 heterocycles. The lowest BCUT2D eigenvalue weighted by Crippen LogP contribution is -1.95. The van der Waals surface area contributed by atoms with E-state index in [0.717, 1.165) is 12.4 Å². The molecule has 0 atom stereocenters. The summed E-state index contributed by atoms with van der Waals surface area (Å²) >= 11 is 0. The third kappa shape index (κ3) is 1.73. The van der Waals surface area contributed by atoms with Crippen molar-refractivity contribution in [1.82, 2.24) is 9.97 Å². The molecule has 5 heteroatoms. The van der Waals surface area contributed by atoms with Gasteiger partial charge in [0, 0.05) is 0 Å². The lowest BCUT2D eigenvalue weighted by molar-refractivity contribution is 0.611. The molecule has 0 saturated carbocycles. The summed E-state index contributed by atoms with van der Waals surface area (Å²) in [6.45, 7) is 0. The molecule has 0 bridgehead atoms. The topological polar surface area (TPSA) is 49.6 Å². The molecule has 1 aromatic heterocycles. The number of hydrogen-bond acceptors (Lipinski definition) is 3. The quantitative estimate of drug-likeness (QED) is 0.736. The first kappa shape index (κ1) is 10.2. The molecule has 0 fully saturated rings. The Labute approximate surface area is 90.0 Å². The molecular formula is C11H5F2N3. The van der Waals surface area contributed by atoms with Crippen LogP contribution in [0.4, 0.5) is 8.78 Å². The highest BCUT2D eigenvalue weighted by molar-refractivity contribution is 5.64. The van der Waals surface area contributed by atoms with Crippen molar-refractivity contribution in [3.8, 4) is 17.5 Å². The Morgan fingerprint density at radius 3 is 2.44 bits per heavy atom. The summed E-state index contributed by atoms with van der Waals surface area (Å²) < 4.78 is 26.1. The third-order valence-electron chi connectivity index (χ3n) is 1.98. The first-order chi connectivity index (χ1) is 7.72. The molecule has 1 aromatic carbocycles. The van der Waals surface area contributed by atoms with Crippen LogP contribution in [0, 0.1) is 23.0 Å². The maximum absolute atomic E-state index is 13.5. The van der Waals surface area contributed by atoms with Crippen LogP contribution in [0.3, 0.4) is 0 Å². The van der Waals surface area contributed by atoms with E-state index in [1.54, 1.807) is 0 Å². The second-order valence-corrected chi connectivity index (χ2v) is 3.00. The molecule has 0 unspecified atom stereocenters. The predicted molar refractivity (Wildman–Crippen MR) is 52.1 cm³/mol. The van der Waals surface area contributed by atoms with E-state index in [9.17, 15) is 8.78 Å². The summed E-state index contributed by atoms with van der Waals surface area (Å²) in [7, 11) is 0. The van der Waals surface area contributed by atoms with Crippen molar-refractivity contribution >= 4 is 0 Å². The summed E-state index contributed by atoms with van der Waals surface area (Å²) in [6.07, 6.45) is 1.85. The van der Waals surface area contributed by atoms with E-state index in [4.69, 9.17) is 5.26 Å². The fraction of sp³-hybridized carbons (Fsp3) is 0. The van der Waals surface area contributed by atoms with Crippen LogP contribution < -0.4 is 0 Å². The maximum atomic E-state index is 13.5. The zero-order valence-electron chi connectivity index (χ0n) is 7.98. The van der Waals surface area contributed by atoms with Gasteiger partial charge in [-0.25, -0.2) is 18.7 Å². The molecule has 0 aliphatic carbocycles. The standard InChI is InChI=1S/C11H5F2N3/c12-8-5-15-11(16-6-8)10-7(4-14)2-1-3-9(10)13/h1-3,5-6H. The number of nitriles is 1. The minimum atomic E-state index is -0.612. The average Bonchev–Trinajstić information content (AvgIpc) is 2.30. The fourth-order valence-corrected chi connectivity index (χ4v) is 1.29. The van der Waals surface area contributed by atoms with Crippen LogP contribution in [0.5, 0.6) is 0 Å². The van der Waals surface area contributed by atoms with Crippen LogP contribution in [0.2, 0.25) is 0 Å². The fourth-order valence-electron chi connectivity index (χ4n) is 1.29. The number of hydrogen-bond donors (Lipinski definition) is 0. The number of halogens is 2.